The molecule has 0 saturated heterocycles. The molecule has 0 saturated carbocycles. The molecule has 0 aromatic heterocycles. The van der Waals surface area contributed by atoms with E-state index in [9.17, 15) is 19.0 Å². The highest BCUT2D eigenvalue weighted by Gasteiger charge is 2.26. The summed E-state index contributed by atoms with van der Waals surface area (Å²) in [5.41, 5.74) is 5.41. The van der Waals surface area contributed by atoms with Crippen molar-refractivity contribution < 1.29 is 37.6 Å². The lowest BCUT2D eigenvalue weighted by Crippen LogP contribution is -2.29. The van der Waals surface area contributed by atoms with Crippen molar-refractivity contribution in [3.8, 4) is 0 Å². The number of hydrogen-bond donors (Lipinski definition) is 2. The number of esters is 2. The maximum absolute atomic E-state index is 12.8. The van der Waals surface area contributed by atoms with Crippen LogP contribution in [0.25, 0.3) is 0 Å². The van der Waals surface area contributed by atoms with Crippen LogP contribution in [0.4, 0.5) is 0 Å². The smallest absolute Gasteiger partial charge is 0.462 e. The van der Waals surface area contributed by atoms with E-state index in [0.717, 1.165) is 32.1 Å². The van der Waals surface area contributed by atoms with Gasteiger partial charge in [-0.1, -0.05) is 393 Å². The zero-order valence-corrected chi connectivity index (χ0v) is 56.2. The molecule has 0 heterocycles. The average molecular weight is 1180 g/mol. The fourth-order valence-electron chi connectivity index (χ4n) is 11.8. The Morgan fingerprint density at radius 2 is 0.524 bits per heavy atom. The molecule has 0 rings (SSSR count). The number of carbonyl (C=O) groups excluding carboxylic acids is 2. The summed E-state index contributed by atoms with van der Waals surface area (Å²) in [7, 11) is -4.39. The Kier molecular flexibility index (Phi) is 68.3. The molecular weight excluding hydrogens is 1040 g/mol. The van der Waals surface area contributed by atoms with Gasteiger partial charge in [0.2, 0.25) is 0 Å². The second-order valence-electron chi connectivity index (χ2n) is 25.5. The third-order valence-electron chi connectivity index (χ3n) is 17.2. The highest BCUT2D eigenvalue weighted by molar-refractivity contribution is 7.47. The number of phosphoric acid groups is 1. The molecule has 0 spiro atoms. The van der Waals surface area contributed by atoms with Crippen molar-refractivity contribution in [2.24, 2.45) is 5.73 Å². The van der Waals surface area contributed by atoms with Crippen molar-refractivity contribution in [3.05, 3.63) is 0 Å². The van der Waals surface area contributed by atoms with Gasteiger partial charge in [0.25, 0.3) is 0 Å². The van der Waals surface area contributed by atoms with Crippen molar-refractivity contribution in [1.29, 1.82) is 0 Å². The number of carbonyl (C=O) groups is 2. The van der Waals surface area contributed by atoms with Crippen molar-refractivity contribution >= 4 is 19.8 Å². The lowest BCUT2D eigenvalue weighted by molar-refractivity contribution is -0.161. The average Bonchev–Trinajstić information content (AvgIpc) is 3.47. The lowest BCUT2D eigenvalue weighted by atomic mass is 10.0. The molecule has 490 valence electrons. The first-order chi connectivity index (χ1) is 40.3. The van der Waals surface area contributed by atoms with Gasteiger partial charge in [-0.05, 0) is 12.8 Å². The molecule has 9 nitrogen and oxygen atoms in total. The van der Waals surface area contributed by atoms with Crippen LogP contribution in [0.3, 0.4) is 0 Å². The Bertz CT molecular complexity index is 1300. The zero-order valence-electron chi connectivity index (χ0n) is 55.3. The van der Waals surface area contributed by atoms with Gasteiger partial charge in [0.1, 0.15) is 6.61 Å². The summed E-state index contributed by atoms with van der Waals surface area (Å²) in [5, 5.41) is 0. The number of phosphoric ester groups is 1. The molecule has 10 heteroatoms. The van der Waals surface area contributed by atoms with E-state index in [1.165, 1.54) is 353 Å². The summed E-state index contributed by atoms with van der Waals surface area (Å²) in [4.78, 5) is 35.4. The van der Waals surface area contributed by atoms with E-state index in [0.29, 0.717) is 12.8 Å². The van der Waals surface area contributed by atoms with Crippen molar-refractivity contribution in [3.63, 3.8) is 0 Å². The van der Waals surface area contributed by atoms with Gasteiger partial charge in [-0.15, -0.1) is 0 Å². The van der Waals surface area contributed by atoms with Crippen LogP contribution >= 0.6 is 7.82 Å². The van der Waals surface area contributed by atoms with Gasteiger partial charge in [-0.3, -0.25) is 18.6 Å². The molecule has 0 aliphatic carbocycles. The third-order valence-corrected chi connectivity index (χ3v) is 18.2. The van der Waals surface area contributed by atoms with Crippen LogP contribution in [0.1, 0.15) is 418 Å². The Morgan fingerprint density at radius 1 is 0.317 bits per heavy atom. The normalized spacial score (nSPS) is 12.8. The van der Waals surface area contributed by atoms with E-state index < -0.39 is 26.5 Å². The van der Waals surface area contributed by atoms with Crippen molar-refractivity contribution in [1.82, 2.24) is 0 Å². The summed E-state index contributed by atoms with van der Waals surface area (Å²) in [6.07, 6.45) is 82.3. The molecule has 0 aromatic rings. The van der Waals surface area contributed by atoms with E-state index in [1.807, 2.05) is 0 Å². The maximum Gasteiger partial charge on any atom is 0.472 e. The predicted octanol–water partition coefficient (Wildman–Crippen LogP) is 24.1. The molecule has 0 aromatic carbocycles. The van der Waals surface area contributed by atoms with Crippen LogP contribution in [-0.4, -0.2) is 49.3 Å². The van der Waals surface area contributed by atoms with Gasteiger partial charge in [0.05, 0.1) is 13.2 Å². The molecule has 2 unspecified atom stereocenters. The largest absolute Gasteiger partial charge is 0.472 e. The van der Waals surface area contributed by atoms with Crippen LogP contribution in [0.5, 0.6) is 0 Å². The number of unbranched alkanes of at least 4 members (excludes halogenated alkanes) is 59. The van der Waals surface area contributed by atoms with Crippen LogP contribution in [0, 0.1) is 0 Å². The molecule has 0 radical (unpaired) electrons. The van der Waals surface area contributed by atoms with Gasteiger partial charge in [0, 0.05) is 19.4 Å². The first-order valence-electron chi connectivity index (χ1n) is 37.0. The predicted molar refractivity (Wildman–Crippen MR) is 354 cm³/mol. The highest BCUT2D eigenvalue weighted by atomic mass is 31.2. The molecule has 0 amide bonds. The Hall–Kier alpha value is -0.990. The molecule has 82 heavy (non-hydrogen) atoms. The summed E-state index contributed by atoms with van der Waals surface area (Å²) >= 11 is 0. The Labute approximate surface area is 511 Å². The minimum absolute atomic E-state index is 0.0589. The first kappa shape index (κ1) is 81.0. The standard InChI is InChI=1S/C72H144NO8P/c1-3-5-7-9-11-13-15-17-19-21-23-25-27-29-31-33-34-35-36-37-39-41-43-45-47-49-51-53-55-57-59-61-63-65-72(75)81-70(69-80-82(76,77)79-67-66-73)68-78-71(74)64-62-60-58-56-54-52-50-48-46-44-42-40-38-32-30-28-26-24-22-20-18-16-14-12-10-8-6-4-2/h70H,3-69,73H2,1-2H3,(H,76,77). The zero-order chi connectivity index (χ0) is 59.4. The molecular formula is C72H144NO8P. The second-order valence-corrected chi connectivity index (χ2v) is 27.0. The minimum Gasteiger partial charge on any atom is -0.462 e. The molecule has 0 aliphatic heterocycles. The molecule has 0 aliphatic rings. The second kappa shape index (κ2) is 69.1. The van der Waals surface area contributed by atoms with Crippen LogP contribution < -0.4 is 5.73 Å². The SMILES string of the molecule is CCCCCCCCCCCCCCCCCCCCCCCCCCCCCCCCCCCC(=O)OC(COC(=O)CCCCCCCCCCCCCCCCCCCCCCCCCCCCCC)COP(=O)(O)OCCN. The van der Waals surface area contributed by atoms with Crippen LogP contribution in [-0.2, 0) is 32.7 Å². The summed E-state index contributed by atoms with van der Waals surface area (Å²) in [5.74, 6) is -0.796. The van der Waals surface area contributed by atoms with E-state index in [-0.39, 0.29) is 32.1 Å². The van der Waals surface area contributed by atoms with Gasteiger partial charge in [-0.25, -0.2) is 4.57 Å². The fourth-order valence-corrected chi connectivity index (χ4v) is 12.5. The number of hydrogen-bond acceptors (Lipinski definition) is 8. The highest BCUT2D eigenvalue weighted by Crippen LogP contribution is 2.43. The summed E-state index contributed by atoms with van der Waals surface area (Å²) < 4.78 is 33.2. The Morgan fingerprint density at radius 3 is 0.744 bits per heavy atom. The maximum atomic E-state index is 12.8. The van der Waals surface area contributed by atoms with Gasteiger partial charge < -0.3 is 20.1 Å². The first-order valence-corrected chi connectivity index (χ1v) is 38.5. The number of rotatable bonds is 72. The van der Waals surface area contributed by atoms with Crippen LogP contribution in [0.2, 0.25) is 0 Å². The number of ether oxygens (including phenoxy) is 2. The molecule has 0 fully saturated rings. The monoisotopic (exact) mass is 1180 g/mol. The molecule has 2 atom stereocenters. The van der Waals surface area contributed by atoms with E-state index in [4.69, 9.17) is 24.3 Å². The Balaban J connectivity index is 3.76. The van der Waals surface area contributed by atoms with Gasteiger partial charge in [0.15, 0.2) is 6.10 Å². The van der Waals surface area contributed by atoms with Crippen molar-refractivity contribution in [2.45, 2.75) is 424 Å². The van der Waals surface area contributed by atoms with Gasteiger partial charge >= 0.3 is 19.8 Å². The van der Waals surface area contributed by atoms with Gasteiger partial charge in [-0.2, -0.15) is 0 Å². The van der Waals surface area contributed by atoms with E-state index in [1.54, 1.807) is 0 Å². The third kappa shape index (κ3) is 68.1. The molecule has 3 N–H and O–H groups in total. The van der Waals surface area contributed by atoms with Crippen molar-refractivity contribution in [2.75, 3.05) is 26.4 Å². The minimum atomic E-state index is -4.39. The topological polar surface area (TPSA) is 134 Å². The lowest BCUT2D eigenvalue weighted by Gasteiger charge is -2.19. The quantitative estimate of drug-likeness (QED) is 0.0347. The van der Waals surface area contributed by atoms with E-state index >= 15 is 0 Å². The van der Waals surface area contributed by atoms with Crippen LogP contribution in [0.15, 0.2) is 0 Å². The summed E-state index contributed by atoms with van der Waals surface area (Å²) in [6.45, 7) is 3.85. The summed E-state index contributed by atoms with van der Waals surface area (Å²) in [6, 6.07) is 0. The number of nitrogens with two attached hydrogens (primary N) is 1. The fraction of sp³-hybridized carbons (Fsp3) is 0.972. The molecule has 0 bridgehead atoms. The van der Waals surface area contributed by atoms with E-state index in [2.05, 4.69) is 13.8 Å².